The summed E-state index contributed by atoms with van der Waals surface area (Å²) in [7, 11) is 1.34. The van der Waals surface area contributed by atoms with Crippen LogP contribution in [0.2, 0.25) is 0 Å². The summed E-state index contributed by atoms with van der Waals surface area (Å²) < 4.78 is 5.78. The maximum Gasteiger partial charge on any atom is 0.341 e. The maximum atomic E-state index is 12.6. The number of aryl methyl sites for hydroxylation is 1. The van der Waals surface area contributed by atoms with Crippen molar-refractivity contribution in [2.24, 2.45) is 0 Å². The fourth-order valence-electron chi connectivity index (χ4n) is 2.69. The highest BCUT2D eigenvalue weighted by Gasteiger charge is 2.25. The average Bonchev–Trinajstić information content (AvgIpc) is 2.97. The van der Waals surface area contributed by atoms with E-state index in [-0.39, 0.29) is 5.91 Å². The van der Waals surface area contributed by atoms with Crippen LogP contribution in [0.15, 0.2) is 59.1 Å². The van der Waals surface area contributed by atoms with Crippen molar-refractivity contribution in [2.45, 2.75) is 6.92 Å². The molecule has 0 aliphatic rings. The molecule has 0 atom stereocenters. The number of carbonyl (C=O) groups is 2. The third-order valence-electron chi connectivity index (χ3n) is 3.85. The van der Waals surface area contributed by atoms with Gasteiger partial charge in [0.25, 0.3) is 5.91 Å². The monoisotopic (exact) mass is 429 g/mol. The number of carbonyl (C=O) groups excluding carboxylic acids is 2. The van der Waals surface area contributed by atoms with E-state index in [1.807, 2.05) is 43.3 Å². The quantitative estimate of drug-likeness (QED) is 0.555. The van der Waals surface area contributed by atoms with Gasteiger partial charge < -0.3 is 10.1 Å². The van der Waals surface area contributed by atoms with Gasteiger partial charge in [0.05, 0.1) is 7.11 Å². The Balaban J connectivity index is 2.05. The molecule has 6 heteroatoms. The highest BCUT2D eigenvalue weighted by atomic mass is 79.9. The number of nitrogens with one attached hydrogen (secondary N) is 1. The smallest absolute Gasteiger partial charge is 0.341 e. The largest absolute Gasteiger partial charge is 0.465 e. The minimum atomic E-state index is -0.474. The Morgan fingerprint density at radius 2 is 1.81 bits per heavy atom. The molecule has 3 aromatic rings. The Bertz CT molecular complexity index is 966. The van der Waals surface area contributed by atoms with Gasteiger partial charge in [0.15, 0.2) is 0 Å². The van der Waals surface area contributed by atoms with E-state index < -0.39 is 5.97 Å². The van der Waals surface area contributed by atoms with E-state index >= 15 is 0 Å². The molecule has 1 amide bonds. The second-order valence-corrected chi connectivity index (χ2v) is 7.70. The van der Waals surface area contributed by atoms with E-state index in [2.05, 4.69) is 21.2 Å². The molecule has 3 rings (SSSR count). The Kier molecular flexibility index (Phi) is 5.54. The molecule has 0 fully saturated rings. The van der Waals surface area contributed by atoms with Crippen molar-refractivity contribution in [1.29, 1.82) is 0 Å². The lowest BCUT2D eigenvalue weighted by Gasteiger charge is -2.08. The van der Waals surface area contributed by atoms with E-state index in [0.29, 0.717) is 16.1 Å². The van der Waals surface area contributed by atoms with Gasteiger partial charge >= 0.3 is 5.97 Å². The number of ether oxygens (including phenoxy) is 1. The molecule has 0 saturated heterocycles. The molecule has 0 unspecified atom stereocenters. The minimum absolute atomic E-state index is 0.280. The van der Waals surface area contributed by atoms with Gasteiger partial charge in [0, 0.05) is 20.5 Å². The lowest BCUT2D eigenvalue weighted by molar-refractivity contribution is 0.0603. The minimum Gasteiger partial charge on any atom is -0.465 e. The van der Waals surface area contributed by atoms with E-state index in [0.717, 1.165) is 20.5 Å². The molecule has 0 radical (unpaired) electrons. The second kappa shape index (κ2) is 7.85. The van der Waals surface area contributed by atoms with Gasteiger partial charge in [-0.05, 0) is 30.7 Å². The molecule has 4 nitrogen and oxygen atoms in total. The van der Waals surface area contributed by atoms with Gasteiger partial charge in [-0.3, -0.25) is 4.79 Å². The number of halogens is 1. The maximum absolute atomic E-state index is 12.6. The first-order valence-electron chi connectivity index (χ1n) is 7.85. The number of anilines is 1. The first-order chi connectivity index (χ1) is 12.5. The number of hydrogen-bond acceptors (Lipinski definition) is 4. The zero-order valence-corrected chi connectivity index (χ0v) is 16.6. The number of thiophene rings is 1. The first-order valence-corrected chi connectivity index (χ1v) is 9.46. The van der Waals surface area contributed by atoms with Crippen LogP contribution < -0.4 is 5.32 Å². The number of esters is 1. The van der Waals surface area contributed by atoms with Crippen molar-refractivity contribution in [3.05, 3.63) is 75.1 Å². The van der Waals surface area contributed by atoms with Crippen LogP contribution in [0.4, 0.5) is 5.00 Å². The molecule has 1 aromatic heterocycles. The molecule has 132 valence electrons. The summed E-state index contributed by atoms with van der Waals surface area (Å²) in [5.74, 6) is -0.755. The molecule has 0 bridgehead atoms. The number of amides is 1. The Hall–Kier alpha value is -2.44. The van der Waals surface area contributed by atoms with Crippen LogP contribution >= 0.6 is 27.3 Å². The SMILES string of the molecule is COC(=O)c1c(NC(=O)c2cccc(Br)c2)sc(C)c1-c1ccccc1. The molecule has 1 N–H and O–H groups in total. The molecule has 0 aliphatic heterocycles. The predicted molar refractivity (Wildman–Crippen MR) is 108 cm³/mol. The Morgan fingerprint density at radius 1 is 1.08 bits per heavy atom. The van der Waals surface area contributed by atoms with Crippen molar-refractivity contribution < 1.29 is 14.3 Å². The Labute approximate surface area is 163 Å². The summed E-state index contributed by atoms with van der Waals surface area (Å²) in [6.07, 6.45) is 0. The van der Waals surface area contributed by atoms with Gasteiger partial charge in [-0.1, -0.05) is 52.3 Å². The van der Waals surface area contributed by atoms with Crippen molar-refractivity contribution in [3.8, 4) is 11.1 Å². The first kappa shape index (κ1) is 18.4. The third kappa shape index (κ3) is 3.71. The Morgan fingerprint density at radius 3 is 2.46 bits per heavy atom. The number of benzene rings is 2. The summed E-state index contributed by atoms with van der Waals surface area (Å²) in [5, 5.41) is 3.34. The fraction of sp³-hybridized carbons (Fsp3) is 0.100. The summed E-state index contributed by atoms with van der Waals surface area (Å²) >= 11 is 4.72. The molecule has 26 heavy (non-hydrogen) atoms. The molecule has 2 aromatic carbocycles. The van der Waals surface area contributed by atoms with Crippen molar-refractivity contribution >= 4 is 44.1 Å². The van der Waals surface area contributed by atoms with Crippen LogP contribution in [-0.2, 0) is 4.74 Å². The zero-order chi connectivity index (χ0) is 18.7. The van der Waals surface area contributed by atoms with Gasteiger partial charge in [0.1, 0.15) is 10.6 Å². The van der Waals surface area contributed by atoms with E-state index in [9.17, 15) is 9.59 Å². The topological polar surface area (TPSA) is 55.4 Å². The van der Waals surface area contributed by atoms with Gasteiger partial charge in [0.2, 0.25) is 0 Å². The molecular formula is C20H16BrNO3S. The van der Waals surface area contributed by atoms with E-state index in [1.54, 1.807) is 18.2 Å². The molecule has 0 saturated carbocycles. The summed E-state index contributed by atoms with van der Waals surface area (Å²) in [4.78, 5) is 26.0. The summed E-state index contributed by atoms with van der Waals surface area (Å²) in [6.45, 7) is 1.92. The van der Waals surface area contributed by atoms with Crippen LogP contribution in [-0.4, -0.2) is 19.0 Å². The molecule has 0 aliphatic carbocycles. The number of methoxy groups -OCH3 is 1. The van der Waals surface area contributed by atoms with E-state index in [4.69, 9.17) is 4.74 Å². The second-order valence-electron chi connectivity index (χ2n) is 5.56. The molecule has 1 heterocycles. The van der Waals surface area contributed by atoms with Crippen molar-refractivity contribution in [2.75, 3.05) is 12.4 Å². The third-order valence-corrected chi connectivity index (χ3v) is 5.36. The van der Waals surface area contributed by atoms with Crippen LogP contribution in [0.1, 0.15) is 25.6 Å². The van der Waals surface area contributed by atoms with Crippen molar-refractivity contribution in [1.82, 2.24) is 0 Å². The van der Waals surface area contributed by atoms with Gasteiger partial charge in [-0.2, -0.15) is 0 Å². The number of rotatable bonds is 4. The summed E-state index contributed by atoms with van der Waals surface area (Å²) in [6, 6.07) is 16.7. The zero-order valence-electron chi connectivity index (χ0n) is 14.2. The lowest BCUT2D eigenvalue weighted by atomic mass is 10.0. The lowest BCUT2D eigenvalue weighted by Crippen LogP contribution is -2.14. The predicted octanol–water partition coefficient (Wildman–Crippen LogP) is 5.52. The standard InChI is InChI=1S/C20H16BrNO3S/c1-12-16(13-7-4-3-5-8-13)17(20(24)25-2)19(26-12)22-18(23)14-9-6-10-15(21)11-14/h3-11H,1-2H3,(H,22,23). The van der Waals surface area contributed by atoms with Gasteiger partial charge in [-0.25, -0.2) is 4.79 Å². The van der Waals surface area contributed by atoms with Crippen LogP contribution in [0, 0.1) is 6.92 Å². The fourth-order valence-corrected chi connectivity index (χ4v) is 4.15. The van der Waals surface area contributed by atoms with Crippen LogP contribution in [0.25, 0.3) is 11.1 Å². The molecule has 0 spiro atoms. The van der Waals surface area contributed by atoms with Crippen molar-refractivity contribution in [3.63, 3.8) is 0 Å². The normalized spacial score (nSPS) is 10.4. The molecular weight excluding hydrogens is 414 g/mol. The van der Waals surface area contributed by atoms with Crippen LogP contribution in [0.3, 0.4) is 0 Å². The highest BCUT2D eigenvalue weighted by molar-refractivity contribution is 9.10. The average molecular weight is 430 g/mol. The number of hydrogen-bond donors (Lipinski definition) is 1. The summed E-state index contributed by atoms with van der Waals surface area (Å²) in [5.41, 5.74) is 2.57. The highest BCUT2D eigenvalue weighted by Crippen LogP contribution is 2.40. The van der Waals surface area contributed by atoms with Crippen LogP contribution in [0.5, 0.6) is 0 Å². The van der Waals surface area contributed by atoms with Gasteiger partial charge in [-0.15, -0.1) is 11.3 Å². The van der Waals surface area contributed by atoms with E-state index in [1.165, 1.54) is 18.4 Å².